The van der Waals surface area contributed by atoms with Gasteiger partial charge in [0.05, 0.1) is 12.8 Å². The fourth-order valence-electron chi connectivity index (χ4n) is 4.62. The molecule has 174 valence electrons. The van der Waals surface area contributed by atoms with Gasteiger partial charge in [-0.3, -0.25) is 14.4 Å². The number of methoxy groups -OCH3 is 1. The fourth-order valence-corrected chi connectivity index (χ4v) is 4.62. The van der Waals surface area contributed by atoms with Crippen LogP contribution in [0, 0.1) is 0 Å². The number of ether oxygens (including phenoxy) is 1. The molecule has 0 atom stereocenters. The maximum Gasteiger partial charge on any atom is 0.277 e. The van der Waals surface area contributed by atoms with Crippen molar-refractivity contribution in [2.75, 3.05) is 30.0 Å². The molecule has 1 aromatic heterocycles. The van der Waals surface area contributed by atoms with Crippen LogP contribution in [0.15, 0.2) is 48.5 Å². The van der Waals surface area contributed by atoms with Crippen molar-refractivity contribution in [2.45, 2.75) is 25.7 Å². The number of aromatic nitrogens is 2. The fraction of sp³-hybridized carbons (Fsp3) is 0.280. The Morgan fingerprint density at radius 1 is 0.941 bits per heavy atom. The van der Waals surface area contributed by atoms with Gasteiger partial charge in [0, 0.05) is 42.5 Å². The van der Waals surface area contributed by atoms with Crippen molar-refractivity contribution in [2.24, 2.45) is 5.73 Å². The molecule has 2 aromatic carbocycles. The number of carbonyl (C=O) groups is 3. The summed E-state index contributed by atoms with van der Waals surface area (Å²) in [5.74, 6) is -0.218. The molecule has 1 saturated heterocycles. The molecule has 0 spiro atoms. The first kappa shape index (κ1) is 21.7. The number of hydrogen-bond acceptors (Lipinski definition) is 5. The summed E-state index contributed by atoms with van der Waals surface area (Å²) in [6.45, 7) is 1.09. The molecule has 2 N–H and O–H groups in total. The summed E-state index contributed by atoms with van der Waals surface area (Å²) in [5, 5.41) is 4.39. The minimum Gasteiger partial charge on any atom is -0.497 e. The SMILES string of the molecule is COc1cccc(-n2nc(C(N)=O)c3c2C(=O)N(c2ccc(N4CCCCC4=O)cc2)CC3)c1. The molecule has 0 radical (unpaired) electrons. The van der Waals surface area contributed by atoms with Gasteiger partial charge in [-0.1, -0.05) is 6.07 Å². The monoisotopic (exact) mass is 459 g/mol. The Kier molecular flexibility index (Phi) is 5.53. The van der Waals surface area contributed by atoms with Crippen molar-refractivity contribution >= 4 is 29.1 Å². The third-order valence-corrected chi connectivity index (χ3v) is 6.34. The number of anilines is 2. The molecule has 3 amide bonds. The molecule has 3 aromatic rings. The second-order valence-electron chi connectivity index (χ2n) is 8.38. The zero-order valence-electron chi connectivity index (χ0n) is 18.9. The van der Waals surface area contributed by atoms with Crippen LogP contribution in [-0.2, 0) is 11.2 Å². The van der Waals surface area contributed by atoms with Gasteiger partial charge in [0.2, 0.25) is 5.91 Å². The number of nitrogens with zero attached hydrogens (tertiary/aromatic N) is 4. The number of benzene rings is 2. The highest BCUT2D eigenvalue weighted by Gasteiger charge is 2.34. The maximum absolute atomic E-state index is 13.7. The molecule has 0 aliphatic carbocycles. The van der Waals surface area contributed by atoms with Crippen LogP contribution in [-0.4, -0.2) is 47.7 Å². The summed E-state index contributed by atoms with van der Waals surface area (Å²) in [5.41, 5.74) is 8.67. The zero-order valence-corrected chi connectivity index (χ0v) is 18.9. The molecule has 0 saturated carbocycles. The van der Waals surface area contributed by atoms with Crippen molar-refractivity contribution in [3.63, 3.8) is 0 Å². The third-order valence-electron chi connectivity index (χ3n) is 6.34. The van der Waals surface area contributed by atoms with Gasteiger partial charge in [-0.2, -0.15) is 5.10 Å². The van der Waals surface area contributed by atoms with Crippen molar-refractivity contribution in [3.8, 4) is 11.4 Å². The van der Waals surface area contributed by atoms with E-state index in [-0.39, 0.29) is 17.5 Å². The molecule has 5 rings (SSSR count). The lowest BCUT2D eigenvalue weighted by Gasteiger charge is -2.29. The lowest BCUT2D eigenvalue weighted by molar-refractivity contribution is -0.119. The summed E-state index contributed by atoms with van der Waals surface area (Å²) >= 11 is 0. The predicted octanol–water partition coefficient (Wildman–Crippen LogP) is 2.70. The molecular formula is C25H25N5O4. The predicted molar refractivity (Wildman–Crippen MR) is 127 cm³/mol. The summed E-state index contributed by atoms with van der Waals surface area (Å²) < 4.78 is 6.77. The van der Waals surface area contributed by atoms with E-state index >= 15 is 0 Å². The van der Waals surface area contributed by atoms with E-state index in [0.717, 1.165) is 18.5 Å². The van der Waals surface area contributed by atoms with Crippen molar-refractivity contribution in [1.29, 1.82) is 0 Å². The first-order valence-electron chi connectivity index (χ1n) is 11.3. The van der Waals surface area contributed by atoms with Gasteiger partial charge >= 0.3 is 0 Å². The Hall–Kier alpha value is -4.14. The molecule has 0 bridgehead atoms. The lowest BCUT2D eigenvalue weighted by Crippen LogP contribution is -2.39. The summed E-state index contributed by atoms with van der Waals surface area (Å²) in [6.07, 6.45) is 2.91. The highest BCUT2D eigenvalue weighted by molar-refractivity contribution is 6.09. The summed E-state index contributed by atoms with van der Waals surface area (Å²) in [6, 6.07) is 14.6. The molecule has 9 nitrogen and oxygen atoms in total. The summed E-state index contributed by atoms with van der Waals surface area (Å²) in [7, 11) is 1.56. The number of hydrogen-bond donors (Lipinski definition) is 1. The average Bonchev–Trinajstić information content (AvgIpc) is 3.26. The van der Waals surface area contributed by atoms with E-state index in [1.165, 1.54) is 4.68 Å². The number of carbonyl (C=O) groups excluding carboxylic acids is 3. The van der Waals surface area contributed by atoms with E-state index in [1.807, 2.05) is 24.3 Å². The van der Waals surface area contributed by atoms with E-state index in [0.29, 0.717) is 54.3 Å². The maximum atomic E-state index is 13.7. The minimum absolute atomic E-state index is 0.102. The number of fused-ring (bicyclic) bond motifs is 1. The van der Waals surface area contributed by atoms with Gasteiger partial charge in [-0.25, -0.2) is 4.68 Å². The van der Waals surface area contributed by atoms with Crippen LogP contribution in [0.25, 0.3) is 5.69 Å². The molecule has 2 aliphatic heterocycles. The van der Waals surface area contributed by atoms with Gasteiger partial charge in [-0.05, 0) is 55.7 Å². The Labute approximate surface area is 196 Å². The molecule has 1 fully saturated rings. The highest BCUT2D eigenvalue weighted by atomic mass is 16.5. The van der Waals surface area contributed by atoms with Crippen LogP contribution >= 0.6 is 0 Å². The second-order valence-corrected chi connectivity index (χ2v) is 8.38. The number of rotatable bonds is 5. The number of piperidine rings is 1. The summed E-state index contributed by atoms with van der Waals surface area (Å²) in [4.78, 5) is 41.4. The Morgan fingerprint density at radius 2 is 1.68 bits per heavy atom. The highest BCUT2D eigenvalue weighted by Crippen LogP contribution is 2.31. The van der Waals surface area contributed by atoms with Gasteiger partial charge < -0.3 is 20.3 Å². The van der Waals surface area contributed by atoms with E-state index in [2.05, 4.69) is 5.10 Å². The van der Waals surface area contributed by atoms with Crippen molar-refractivity contribution in [3.05, 3.63) is 65.5 Å². The van der Waals surface area contributed by atoms with Crippen LogP contribution in [0.1, 0.15) is 45.8 Å². The van der Waals surface area contributed by atoms with Crippen LogP contribution in [0.4, 0.5) is 11.4 Å². The van der Waals surface area contributed by atoms with E-state index in [9.17, 15) is 14.4 Å². The standard InChI is InChI=1S/C25H25N5O4/c1-34-19-6-4-5-18(15-19)30-23-20(22(27-30)24(26)32)12-14-29(25(23)33)17-10-8-16(9-11-17)28-13-3-2-7-21(28)31/h4-6,8-11,15H,2-3,7,12-14H2,1H3,(H2,26,32). The van der Waals surface area contributed by atoms with Gasteiger partial charge in [0.25, 0.3) is 11.8 Å². The van der Waals surface area contributed by atoms with Crippen LogP contribution in [0.2, 0.25) is 0 Å². The topological polar surface area (TPSA) is 111 Å². The molecule has 9 heteroatoms. The normalized spacial score (nSPS) is 15.9. The quantitative estimate of drug-likeness (QED) is 0.631. The number of nitrogens with two attached hydrogens (primary N) is 1. The van der Waals surface area contributed by atoms with Gasteiger partial charge in [0.1, 0.15) is 11.4 Å². The molecular weight excluding hydrogens is 434 g/mol. The van der Waals surface area contributed by atoms with Crippen LogP contribution in [0.5, 0.6) is 5.75 Å². The molecule has 0 unspecified atom stereocenters. The largest absolute Gasteiger partial charge is 0.497 e. The second kappa shape index (κ2) is 8.66. The van der Waals surface area contributed by atoms with E-state index < -0.39 is 5.91 Å². The van der Waals surface area contributed by atoms with E-state index in [4.69, 9.17) is 10.5 Å². The van der Waals surface area contributed by atoms with Gasteiger partial charge in [0.15, 0.2) is 5.69 Å². The molecule has 34 heavy (non-hydrogen) atoms. The van der Waals surface area contributed by atoms with Crippen LogP contribution < -0.4 is 20.3 Å². The first-order chi connectivity index (χ1) is 16.5. The Bertz CT molecular complexity index is 1280. The molecule has 2 aliphatic rings. The smallest absolute Gasteiger partial charge is 0.277 e. The Morgan fingerprint density at radius 3 is 2.35 bits per heavy atom. The lowest BCUT2D eigenvalue weighted by atomic mass is 10.0. The Balaban J connectivity index is 1.51. The van der Waals surface area contributed by atoms with Crippen molar-refractivity contribution < 1.29 is 19.1 Å². The van der Waals surface area contributed by atoms with Crippen molar-refractivity contribution in [1.82, 2.24) is 9.78 Å². The molecule has 3 heterocycles. The number of amides is 3. The van der Waals surface area contributed by atoms with Crippen LogP contribution in [0.3, 0.4) is 0 Å². The zero-order chi connectivity index (χ0) is 23.8. The van der Waals surface area contributed by atoms with E-state index in [1.54, 1.807) is 41.2 Å². The average molecular weight is 460 g/mol. The first-order valence-corrected chi connectivity index (χ1v) is 11.3. The number of primary amides is 1. The van der Waals surface area contributed by atoms with Gasteiger partial charge in [-0.15, -0.1) is 0 Å². The third kappa shape index (κ3) is 3.68. The minimum atomic E-state index is -0.672.